The second-order valence-electron chi connectivity index (χ2n) is 11.0. The molecule has 0 radical (unpaired) electrons. The zero-order chi connectivity index (χ0) is 30.5. The molecule has 3 amide bonds. The molecule has 0 aliphatic carbocycles. The van der Waals surface area contributed by atoms with Crippen molar-refractivity contribution in [1.29, 1.82) is 0 Å². The minimum Gasteiger partial charge on any atom is -0.368 e. The molecule has 2 aromatic rings. The summed E-state index contributed by atoms with van der Waals surface area (Å²) >= 11 is 0. The quantitative estimate of drug-likeness (QED) is 0.380. The van der Waals surface area contributed by atoms with E-state index in [1.54, 1.807) is 13.0 Å². The van der Waals surface area contributed by atoms with Crippen molar-refractivity contribution in [2.75, 3.05) is 13.6 Å². The molecule has 2 saturated heterocycles. The van der Waals surface area contributed by atoms with Gasteiger partial charge in [0.1, 0.15) is 5.82 Å². The molecular weight excluding hydrogens is 593 g/mol. The fourth-order valence-electron chi connectivity index (χ4n) is 5.91. The summed E-state index contributed by atoms with van der Waals surface area (Å²) in [5.41, 5.74) is 2.91. The van der Waals surface area contributed by atoms with E-state index in [1.165, 1.54) is 31.0 Å². The van der Waals surface area contributed by atoms with Gasteiger partial charge >= 0.3 is 18.4 Å². The van der Waals surface area contributed by atoms with Crippen molar-refractivity contribution in [1.82, 2.24) is 15.1 Å². The maximum Gasteiger partial charge on any atom is 0.416 e. The Bertz CT molecular complexity index is 1300. The van der Waals surface area contributed by atoms with Crippen molar-refractivity contribution in [3.05, 3.63) is 70.0 Å². The van der Waals surface area contributed by atoms with E-state index >= 15 is 0 Å². The fraction of sp³-hybridized carbons (Fsp3) is 0.500. The number of hydrogen-bond donors (Lipinski definition) is 2. The lowest BCUT2D eigenvalue weighted by molar-refractivity contribution is -0.143. The Balaban J connectivity index is 0.00000484. The Labute approximate surface area is 244 Å². The molecule has 42 heavy (non-hydrogen) atoms. The molecule has 2 heterocycles. The molecule has 2 fully saturated rings. The number of nitrogens with one attached hydrogen (secondary N) is 1. The van der Waals surface area contributed by atoms with E-state index in [0.29, 0.717) is 48.9 Å². The number of aryl methyl sites for hydroxylation is 1. The number of carbonyl (C=O) groups excluding carboxylic acids is 2. The first-order chi connectivity index (χ1) is 18.9. The average Bonchev–Trinajstić information content (AvgIpc) is 3.29. The van der Waals surface area contributed by atoms with Gasteiger partial charge in [-0.2, -0.15) is 26.3 Å². The molecule has 0 bridgehead atoms. The first-order valence-corrected chi connectivity index (χ1v) is 13.1. The molecule has 2 aliphatic heterocycles. The summed E-state index contributed by atoms with van der Waals surface area (Å²) < 4.78 is 94.7. The van der Waals surface area contributed by atoms with Crippen LogP contribution in [-0.4, -0.2) is 46.9 Å². The number of carbonyl (C=O) groups is 2. The number of urea groups is 1. The van der Waals surface area contributed by atoms with Gasteiger partial charge in [0.2, 0.25) is 5.91 Å². The summed E-state index contributed by atoms with van der Waals surface area (Å²) in [7, 11) is 1.32. The van der Waals surface area contributed by atoms with E-state index in [-0.39, 0.29) is 30.6 Å². The van der Waals surface area contributed by atoms with Crippen LogP contribution in [0.2, 0.25) is 0 Å². The Morgan fingerprint density at radius 2 is 1.64 bits per heavy atom. The molecule has 3 unspecified atom stereocenters. The normalized spacial score (nSPS) is 23.4. The van der Waals surface area contributed by atoms with Crippen LogP contribution in [0.25, 0.3) is 0 Å². The summed E-state index contributed by atoms with van der Waals surface area (Å²) in [4.78, 5) is 28.3. The van der Waals surface area contributed by atoms with Crippen molar-refractivity contribution in [3.8, 4) is 0 Å². The maximum absolute atomic E-state index is 13.9. The second-order valence-corrected chi connectivity index (χ2v) is 11.0. The highest BCUT2D eigenvalue weighted by atomic mass is 35.5. The van der Waals surface area contributed by atoms with Gasteiger partial charge in [0, 0.05) is 19.1 Å². The summed E-state index contributed by atoms with van der Waals surface area (Å²) in [6.07, 6.45) is -8.16. The predicted molar refractivity (Wildman–Crippen MR) is 143 cm³/mol. The van der Waals surface area contributed by atoms with Crippen molar-refractivity contribution >= 4 is 24.3 Å². The summed E-state index contributed by atoms with van der Waals surface area (Å²) in [5.74, 6) is -0.971. The molecule has 4 atom stereocenters. The van der Waals surface area contributed by atoms with Crippen LogP contribution in [0.3, 0.4) is 0 Å². The molecule has 0 aromatic heterocycles. The average molecular weight is 625 g/mol. The van der Waals surface area contributed by atoms with Crippen LogP contribution in [0.5, 0.6) is 0 Å². The molecule has 2 aromatic carbocycles. The van der Waals surface area contributed by atoms with Crippen molar-refractivity contribution in [3.63, 3.8) is 0 Å². The van der Waals surface area contributed by atoms with Gasteiger partial charge in [0.25, 0.3) is 0 Å². The van der Waals surface area contributed by atoms with Crippen LogP contribution < -0.4 is 11.1 Å². The topological polar surface area (TPSA) is 78.7 Å². The van der Waals surface area contributed by atoms with E-state index in [9.17, 15) is 40.3 Å². The number of alkyl halides is 6. The zero-order valence-electron chi connectivity index (χ0n) is 23.1. The number of hydrogen-bond acceptors (Lipinski definition) is 3. The van der Waals surface area contributed by atoms with Gasteiger partial charge in [-0.1, -0.05) is 6.07 Å². The minimum atomic E-state index is -5.03. The summed E-state index contributed by atoms with van der Waals surface area (Å²) in [5, 5.41) is 3.30. The summed E-state index contributed by atoms with van der Waals surface area (Å²) in [6, 6.07) is 2.49. The van der Waals surface area contributed by atoms with E-state index in [1.807, 2.05) is 0 Å². The number of amides is 3. The van der Waals surface area contributed by atoms with Crippen molar-refractivity contribution < 1.29 is 40.3 Å². The number of primary amides is 1. The van der Waals surface area contributed by atoms with Gasteiger partial charge in [-0.3, -0.25) is 4.79 Å². The van der Waals surface area contributed by atoms with Crippen LogP contribution in [0, 0.1) is 12.7 Å². The molecule has 3 N–H and O–H groups in total. The predicted octanol–water partition coefficient (Wildman–Crippen LogP) is 6.52. The number of benzene rings is 2. The standard InChI is InChI=1S/C28H31F7N4O2.ClH/c1-15-10-20(29)4-5-21(15)23-14-26(7-6-22(37-26)24(36)40)8-9-39(23)25(41)38(3)16(2)17-11-18(27(30,31)32)13-19(12-17)28(33,34)35;/h4-5,10-13,16,22-23,37H,6-9,14H2,1-3H3,(H2,36,40);1H/t16-,22?,23?,26?;/m1./s1. The number of nitrogens with two attached hydrogens (primary N) is 1. The van der Waals surface area contributed by atoms with E-state index in [2.05, 4.69) is 5.32 Å². The highest BCUT2D eigenvalue weighted by Crippen LogP contribution is 2.44. The number of likely N-dealkylation sites (tertiary alicyclic amines) is 1. The van der Waals surface area contributed by atoms with Crippen LogP contribution in [0.1, 0.15) is 72.5 Å². The van der Waals surface area contributed by atoms with Crippen LogP contribution in [0.4, 0.5) is 35.5 Å². The van der Waals surface area contributed by atoms with Crippen molar-refractivity contribution in [2.24, 2.45) is 5.73 Å². The Morgan fingerprint density at radius 3 is 2.14 bits per heavy atom. The summed E-state index contributed by atoms with van der Waals surface area (Å²) in [6.45, 7) is 3.21. The van der Waals surface area contributed by atoms with Gasteiger partial charge in [-0.25, -0.2) is 9.18 Å². The third kappa shape index (κ3) is 6.77. The molecule has 232 valence electrons. The van der Waals surface area contributed by atoms with E-state index < -0.39 is 64.9 Å². The molecule has 6 nitrogen and oxygen atoms in total. The maximum atomic E-state index is 13.9. The lowest BCUT2D eigenvalue weighted by Gasteiger charge is -2.47. The second kappa shape index (κ2) is 11.9. The molecule has 1 spiro atoms. The van der Waals surface area contributed by atoms with Gasteiger partial charge in [0.15, 0.2) is 0 Å². The lowest BCUT2D eigenvalue weighted by atomic mass is 9.79. The third-order valence-corrected chi connectivity index (χ3v) is 8.34. The van der Waals surface area contributed by atoms with Gasteiger partial charge in [-0.05, 0) is 86.6 Å². The molecular formula is C28H32ClF7N4O2. The van der Waals surface area contributed by atoms with Crippen molar-refractivity contribution in [2.45, 2.75) is 75.5 Å². The number of nitrogens with zero attached hydrogens (tertiary/aromatic N) is 2. The first kappa shape index (κ1) is 33.4. The Morgan fingerprint density at radius 1 is 1.05 bits per heavy atom. The lowest BCUT2D eigenvalue weighted by Crippen LogP contribution is -2.57. The van der Waals surface area contributed by atoms with Crippen LogP contribution >= 0.6 is 12.4 Å². The first-order valence-electron chi connectivity index (χ1n) is 13.1. The smallest absolute Gasteiger partial charge is 0.368 e. The van der Waals surface area contributed by atoms with E-state index in [4.69, 9.17) is 5.73 Å². The Hall–Kier alpha value is -3.06. The molecule has 4 rings (SSSR count). The van der Waals surface area contributed by atoms with E-state index in [0.717, 1.165) is 4.90 Å². The SMILES string of the molecule is Cc1cc(F)ccc1C1CC2(CCC(C(N)=O)N2)CCN1C(=O)N(C)[C@H](C)c1cc(C(F)(F)F)cc(C(F)(F)F)c1.Cl. The van der Waals surface area contributed by atoms with Gasteiger partial charge in [0.05, 0.1) is 29.3 Å². The molecule has 14 heteroatoms. The number of halogens is 8. The molecule has 0 saturated carbocycles. The largest absolute Gasteiger partial charge is 0.416 e. The monoisotopic (exact) mass is 624 g/mol. The van der Waals surface area contributed by atoms with Gasteiger partial charge in [-0.15, -0.1) is 12.4 Å². The minimum absolute atomic E-state index is 0. The van der Waals surface area contributed by atoms with Crippen LogP contribution in [0.15, 0.2) is 36.4 Å². The number of piperidine rings is 1. The van der Waals surface area contributed by atoms with Gasteiger partial charge < -0.3 is 20.9 Å². The highest BCUT2D eigenvalue weighted by Gasteiger charge is 2.48. The highest BCUT2D eigenvalue weighted by molar-refractivity contribution is 5.85. The third-order valence-electron chi connectivity index (χ3n) is 8.34. The molecule has 2 aliphatic rings. The number of rotatable bonds is 4. The Kier molecular flexibility index (Phi) is 9.48. The van der Waals surface area contributed by atoms with Crippen LogP contribution in [-0.2, 0) is 17.1 Å². The fourth-order valence-corrected chi connectivity index (χ4v) is 5.91. The zero-order valence-corrected chi connectivity index (χ0v) is 23.9.